The van der Waals surface area contributed by atoms with E-state index in [4.69, 9.17) is 9.47 Å². The van der Waals surface area contributed by atoms with Crippen molar-refractivity contribution in [2.75, 3.05) is 45.4 Å². The Hall–Kier alpha value is -3.44. The van der Waals surface area contributed by atoms with Crippen molar-refractivity contribution in [1.29, 1.82) is 0 Å². The minimum absolute atomic E-state index is 0.00585. The summed E-state index contributed by atoms with van der Waals surface area (Å²) in [6, 6.07) is 10.3. The molecule has 1 aliphatic rings. The predicted octanol–water partition coefficient (Wildman–Crippen LogP) is 2.26. The Kier molecular flexibility index (Phi) is 8.10. The Morgan fingerprint density at radius 1 is 1.29 bits per heavy atom. The van der Waals surface area contributed by atoms with Crippen LogP contribution >= 0.6 is 11.5 Å². The molecule has 1 aromatic carbocycles. The molecule has 180 valence electrons. The molecule has 4 rings (SSSR count). The fourth-order valence-corrected chi connectivity index (χ4v) is 4.17. The first-order valence-electron chi connectivity index (χ1n) is 11.1. The number of hydrogen-bond donors (Lipinski definition) is 2. The molecule has 1 amide bonds. The van der Waals surface area contributed by atoms with E-state index in [2.05, 4.69) is 36.8 Å². The molecule has 0 fully saturated rings. The van der Waals surface area contributed by atoms with Crippen LogP contribution in [0.25, 0.3) is 11.6 Å². The molecular weight excluding hydrogens is 454 g/mol. The number of imidazole rings is 1. The molecule has 0 radical (unpaired) electrons. The summed E-state index contributed by atoms with van der Waals surface area (Å²) in [5, 5.41) is 4.27. The first-order valence-corrected chi connectivity index (χ1v) is 11.9. The lowest BCUT2D eigenvalue weighted by Crippen LogP contribution is -2.39. The van der Waals surface area contributed by atoms with Crippen LogP contribution < -0.4 is 10.2 Å². The largest absolute Gasteiger partial charge is 0.462 e. The first-order chi connectivity index (χ1) is 16.6. The zero-order valence-corrected chi connectivity index (χ0v) is 20.1. The fraction of sp³-hybridized carbons (Fsp3) is 0.391. The van der Waals surface area contributed by atoms with Gasteiger partial charge in [-0.15, -0.1) is 0 Å². The van der Waals surface area contributed by atoms with Crippen LogP contribution in [0.3, 0.4) is 0 Å². The molecule has 2 aromatic heterocycles. The van der Waals surface area contributed by atoms with Crippen LogP contribution in [0.15, 0.2) is 54.7 Å². The van der Waals surface area contributed by atoms with Gasteiger partial charge in [-0.2, -0.15) is 9.36 Å². The van der Waals surface area contributed by atoms with Crippen molar-refractivity contribution in [1.82, 2.24) is 29.5 Å². The summed E-state index contributed by atoms with van der Waals surface area (Å²) >= 11 is 1.26. The summed E-state index contributed by atoms with van der Waals surface area (Å²) < 4.78 is 15.3. The van der Waals surface area contributed by atoms with Gasteiger partial charge in [0.1, 0.15) is 6.26 Å². The van der Waals surface area contributed by atoms with Crippen molar-refractivity contribution in [2.24, 2.45) is 0 Å². The van der Waals surface area contributed by atoms with E-state index < -0.39 is 0 Å². The molecule has 2 N–H and O–H groups in total. The zero-order valence-electron chi connectivity index (χ0n) is 19.3. The number of aromatic amines is 1. The van der Waals surface area contributed by atoms with Crippen LogP contribution in [-0.2, 0) is 20.7 Å². The maximum absolute atomic E-state index is 12.4. The lowest BCUT2D eigenvalue weighted by atomic mass is 10.0. The average molecular weight is 484 g/mol. The predicted molar refractivity (Wildman–Crippen MR) is 130 cm³/mol. The normalized spacial score (nSPS) is 13.6. The van der Waals surface area contributed by atoms with Gasteiger partial charge in [-0.25, -0.2) is 4.98 Å². The van der Waals surface area contributed by atoms with Crippen molar-refractivity contribution < 1.29 is 14.3 Å². The lowest BCUT2D eigenvalue weighted by Gasteiger charge is -2.24. The highest BCUT2D eigenvalue weighted by Gasteiger charge is 2.21. The maximum Gasteiger partial charge on any atom is 0.241 e. The Bertz CT molecular complexity index is 1070. The van der Waals surface area contributed by atoms with E-state index >= 15 is 0 Å². The maximum atomic E-state index is 12.4. The third kappa shape index (κ3) is 6.33. The number of anilines is 1. The van der Waals surface area contributed by atoms with Crippen LogP contribution in [0.5, 0.6) is 0 Å². The topological polar surface area (TPSA) is 109 Å². The number of nitrogens with one attached hydrogen (secondary N) is 2. The second-order valence-corrected chi connectivity index (χ2v) is 8.78. The van der Waals surface area contributed by atoms with E-state index in [1.807, 2.05) is 23.1 Å². The smallest absolute Gasteiger partial charge is 0.241 e. The molecule has 3 aromatic rings. The highest BCUT2D eigenvalue weighted by atomic mass is 32.1. The summed E-state index contributed by atoms with van der Waals surface area (Å²) in [5.74, 6) is 1.94. The molecule has 0 saturated heterocycles. The van der Waals surface area contributed by atoms with Gasteiger partial charge in [-0.3, -0.25) is 4.79 Å². The molecule has 0 saturated carbocycles. The van der Waals surface area contributed by atoms with Gasteiger partial charge in [0.2, 0.25) is 23.7 Å². The second kappa shape index (κ2) is 11.6. The Labute approximate surface area is 202 Å². The van der Waals surface area contributed by atoms with Crippen LogP contribution in [0.2, 0.25) is 0 Å². The van der Waals surface area contributed by atoms with Gasteiger partial charge in [0.15, 0.2) is 11.6 Å². The number of ether oxygens (including phenoxy) is 2. The van der Waals surface area contributed by atoms with Crippen molar-refractivity contribution in [3.05, 3.63) is 60.3 Å². The van der Waals surface area contributed by atoms with Crippen LogP contribution in [0.1, 0.15) is 12.0 Å². The van der Waals surface area contributed by atoms with Crippen molar-refractivity contribution in [3.63, 3.8) is 0 Å². The molecule has 10 nitrogen and oxygen atoms in total. The molecule has 1 aliphatic heterocycles. The minimum Gasteiger partial charge on any atom is -0.462 e. The van der Waals surface area contributed by atoms with Gasteiger partial charge in [0.25, 0.3) is 0 Å². The van der Waals surface area contributed by atoms with Gasteiger partial charge in [0.05, 0.1) is 12.6 Å². The van der Waals surface area contributed by atoms with Crippen LogP contribution in [0.4, 0.5) is 5.13 Å². The number of hydrogen-bond acceptors (Lipinski definition) is 9. The number of carbonyl (C=O) groups excluding carboxylic acids is 1. The van der Waals surface area contributed by atoms with Gasteiger partial charge < -0.3 is 29.6 Å². The first kappa shape index (κ1) is 23.7. The number of rotatable bonds is 12. The highest BCUT2D eigenvalue weighted by Crippen LogP contribution is 2.22. The third-order valence-corrected chi connectivity index (χ3v) is 6.11. The van der Waals surface area contributed by atoms with Crippen molar-refractivity contribution >= 4 is 22.6 Å². The SMILES string of the molecule is CN(C)C(=O)CN(CCCNC(Cc1ccccc1)C1=COCO1)c1nc(-c2ncc[nH]2)ns1. The molecule has 1 unspecified atom stereocenters. The quantitative estimate of drug-likeness (QED) is 0.378. The van der Waals surface area contributed by atoms with Crippen molar-refractivity contribution in [2.45, 2.75) is 18.9 Å². The van der Waals surface area contributed by atoms with E-state index in [0.717, 1.165) is 25.1 Å². The monoisotopic (exact) mass is 483 g/mol. The Balaban J connectivity index is 1.37. The van der Waals surface area contributed by atoms with E-state index in [9.17, 15) is 4.79 Å². The van der Waals surface area contributed by atoms with Gasteiger partial charge >= 0.3 is 0 Å². The standard InChI is InChI=1S/C23H29N7O3S/c1-29(2)20(31)14-30(23-27-22(28-34-23)21-25-10-11-26-21)12-6-9-24-18(19-15-32-16-33-19)13-17-7-4-3-5-8-17/h3-5,7-8,10-11,15,18,24H,6,9,12-14,16H2,1-2H3,(H,25,26). The number of nitrogens with zero attached hydrogens (tertiary/aromatic N) is 5. The molecule has 11 heteroatoms. The van der Waals surface area contributed by atoms with Crippen LogP contribution in [0, 0.1) is 0 Å². The summed E-state index contributed by atoms with van der Waals surface area (Å²) in [7, 11) is 3.50. The summed E-state index contributed by atoms with van der Waals surface area (Å²) in [4.78, 5) is 27.8. The number of aromatic nitrogens is 4. The number of H-pyrrole nitrogens is 1. The minimum atomic E-state index is 0.00585. The Morgan fingerprint density at radius 2 is 2.15 bits per heavy atom. The highest BCUT2D eigenvalue weighted by molar-refractivity contribution is 7.09. The van der Waals surface area contributed by atoms with E-state index in [1.165, 1.54) is 17.1 Å². The molecule has 34 heavy (non-hydrogen) atoms. The van der Waals surface area contributed by atoms with E-state index in [1.54, 1.807) is 37.7 Å². The molecule has 0 aliphatic carbocycles. The summed E-state index contributed by atoms with van der Waals surface area (Å²) in [6.45, 7) is 1.86. The van der Waals surface area contributed by atoms with Crippen LogP contribution in [-0.4, -0.2) is 76.7 Å². The molecular formula is C23H29N7O3S. The number of carbonyl (C=O) groups is 1. The summed E-state index contributed by atoms with van der Waals surface area (Å²) in [5.41, 5.74) is 1.22. The molecule has 0 bridgehead atoms. The number of amides is 1. The van der Waals surface area contributed by atoms with Gasteiger partial charge in [-0.1, -0.05) is 30.3 Å². The van der Waals surface area contributed by atoms with Crippen molar-refractivity contribution in [3.8, 4) is 11.6 Å². The molecule has 1 atom stereocenters. The lowest BCUT2D eigenvalue weighted by molar-refractivity contribution is -0.127. The van der Waals surface area contributed by atoms with Gasteiger partial charge in [-0.05, 0) is 24.9 Å². The zero-order chi connectivity index (χ0) is 23.8. The molecule has 3 heterocycles. The van der Waals surface area contributed by atoms with E-state index in [-0.39, 0.29) is 25.3 Å². The third-order valence-electron chi connectivity index (χ3n) is 5.34. The fourth-order valence-electron chi connectivity index (χ4n) is 3.48. The average Bonchev–Trinajstić information content (AvgIpc) is 3.63. The van der Waals surface area contributed by atoms with E-state index in [0.29, 0.717) is 23.3 Å². The second-order valence-electron chi connectivity index (χ2n) is 8.05. The number of benzene rings is 1. The Morgan fingerprint density at radius 3 is 2.85 bits per heavy atom. The number of likely N-dealkylation sites (N-methyl/N-ethyl adjacent to an activating group) is 1. The molecule has 0 spiro atoms. The van der Waals surface area contributed by atoms with Gasteiger partial charge in [0, 0.05) is 44.6 Å². The summed E-state index contributed by atoms with van der Waals surface area (Å²) in [6.07, 6.45) is 6.67.